The van der Waals surface area contributed by atoms with Crippen molar-refractivity contribution in [3.8, 4) is 0 Å². The van der Waals surface area contributed by atoms with Gasteiger partial charge in [-0.1, -0.05) is 6.07 Å². The van der Waals surface area contributed by atoms with Crippen molar-refractivity contribution >= 4 is 23.4 Å². The van der Waals surface area contributed by atoms with E-state index in [1.807, 2.05) is 6.07 Å². The van der Waals surface area contributed by atoms with Gasteiger partial charge in [-0.3, -0.25) is 0 Å². The van der Waals surface area contributed by atoms with Crippen LogP contribution in [0.25, 0.3) is 0 Å². The third kappa shape index (κ3) is 2.50. The second kappa shape index (κ2) is 4.35. The first-order valence-corrected chi connectivity index (χ1v) is 4.57. The van der Waals surface area contributed by atoms with Gasteiger partial charge in [-0.25, -0.2) is 9.78 Å². The molecule has 6 heteroatoms. The van der Waals surface area contributed by atoms with Crippen LogP contribution in [0.4, 0.5) is 22.2 Å². The van der Waals surface area contributed by atoms with E-state index in [1.54, 1.807) is 18.2 Å². The van der Waals surface area contributed by atoms with Crippen LogP contribution in [0, 0.1) is 0 Å². The maximum atomic E-state index is 10.7. The SMILES string of the molecule is NC(=O)Nc1cccc(Nc2ncco2)c1. The van der Waals surface area contributed by atoms with Gasteiger partial charge in [0.1, 0.15) is 6.26 Å². The van der Waals surface area contributed by atoms with Gasteiger partial charge in [0.25, 0.3) is 6.01 Å². The van der Waals surface area contributed by atoms with E-state index in [0.29, 0.717) is 11.7 Å². The first kappa shape index (κ1) is 10.0. The number of benzene rings is 1. The number of anilines is 3. The molecule has 2 aromatic rings. The molecule has 0 aliphatic carbocycles. The van der Waals surface area contributed by atoms with Gasteiger partial charge in [0.2, 0.25) is 0 Å². The predicted molar refractivity (Wildman–Crippen MR) is 59.4 cm³/mol. The van der Waals surface area contributed by atoms with E-state index < -0.39 is 6.03 Å². The lowest BCUT2D eigenvalue weighted by Gasteiger charge is -2.05. The average molecular weight is 218 g/mol. The highest BCUT2D eigenvalue weighted by Crippen LogP contribution is 2.18. The summed E-state index contributed by atoms with van der Waals surface area (Å²) < 4.78 is 5.02. The Bertz CT molecular complexity index is 481. The molecule has 1 aromatic carbocycles. The fraction of sp³-hybridized carbons (Fsp3) is 0. The minimum atomic E-state index is -0.603. The van der Waals surface area contributed by atoms with Crippen LogP contribution >= 0.6 is 0 Å². The summed E-state index contributed by atoms with van der Waals surface area (Å²) >= 11 is 0. The Hall–Kier alpha value is -2.50. The summed E-state index contributed by atoms with van der Waals surface area (Å²) in [6.07, 6.45) is 3.00. The van der Waals surface area contributed by atoms with Gasteiger partial charge in [0.15, 0.2) is 0 Å². The third-order valence-corrected chi connectivity index (χ3v) is 1.81. The molecule has 6 nitrogen and oxygen atoms in total. The van der Waals surface area contributed by atoms with Crippen LogP contribution in [0.1, 0.15) is 0 Å². The summed E-state index contributed by atoms with van der Waals surface area (Å²) in [6, 6.07) is 6.82. The smallest absolute Gasteiger partial charge is 0.316 e. The van der Waals surface area contributed by atoms with Crippen molar-refractivity contribution in [2.24, 2.45) is 5.73 Å². The van der Waals surface area contributed by atoms with Crippen molar-refractivity contribution in [1.82, 2.24) is 4.98 Å². The number of hydrogen-bond acceptors (Lipinski definition) is 4. The van der Waals surface area contributed by atoms with Gasteiger partial charge in [0.05, 0.1) is 6.20 Å². The third-order valence-electron chi connectivity index (χ3n) is 1.81. The molecule has 0 radical (unpaired) electrons. The summed E-state index contributed by atoms with van der Waals surface area (Å²) in [5.74, 6) is 0. The van der Waals surface area contributed by atoms with Crippen molar-refractivity contribution in [2.75, 3.05) is 10.6 Å². The largest absolute Gasteiger partial charge is 0.432 e. The minimum absolute atomic E-state index is 0.385. The van der Waals surface area contributed by atoms with Gasteiger partial charge in [-0.2, -0.15) is 0 Å². The molecule has 0 bridgehead atoms. The molecule has 1 heterocycles. The first-order valence-electron chi connectivity index (χ1n) is 4.57. The highest BCUT2D eigenvalue weighted by molar-refractivity contribution is 5.88. The quantitative estimate of drug-likeness (QED) is 0.733. The van der Waals surface area contributed by atoms with Gasteiger partial charge in [0, 0.05) is 11.4 Å². The van der Waals surface area contributed by atoms with Crippen molar-refractivity contribution in [2.45, 2.75) is 0 Å². The van der Waals surface area contributed by atoms with Gasteiger partial charge >= 0.3 is 6.03 Å². The van der Waals surface area contributed by atoms with E-state index in [9.17, 15) is 4.79 Å². The van der Waals surface area contributed by atoms with Gasteiger partial charge in [-0.15, -0.1) is 0 Å². The van der Waals surface area contributed by atoms with E-state index in [2.05, 4.69) is 15.6 Å². The number of hydrogen-bond donors (Lipinski definition) is 3. The van der Waals surface area contributed by atoms with Crippen molar-refractivity contribution in [3.05, 3.63) is 36.7 Å². The average Bonchev–Trinajstić information content (AvgIpc) is 2.70. The molecule has 0 saturated heterocycles. The zero-order chi connectivity index (χ0) is 11.4. The molecule has 1 aromatic heterocycles. The van der Waals surface area contributed by atoms with Crippen LogP contribution < -0.4 is 16.4 Å². The molecule has 0 spiro atoms. The molecular formula is C10H10N4O2. The fourth-order valence-corrected chi connectivity index (χ4v) is 1.23. The Labute approximate surface area is 91.5 Å². The number of carbonyl (C=O) groups excluding carboxylic acids is 1. The summed E-state index contributed by atoms with van der Waals surface area (Å²) in [5.41, 5.74) is 6.35. The van der Waals surface area contributed by atoms with Gasteiger partial charge in [-0.05, 0) is 18.2 Å². The lowest BCUT2D eigenvalue weighted by atomic mass is 10.3. The van der Waals surface area contributed by atoms with E-state index in [0.717, 1.165) is 5.69 Å². The maximum Gasteiger partial charge on any atom is 0.316 e. The number of rotatable bonds is 3. The second-order valence-electron chi connectivity index (χ2n) is 3.03. The Morgan fingerprint density at radius 2 is 2.19 bits per heavy atom. The Kier molecular flexibility index (Phi) is 2.73. The summed E-state index contributed by atoms with van der Waals surface area (Å²) in [6.45, 7) is 0. The molecule has 2 rings (SSSR count). The lowest BCUT2D eigenvalue weighted by molar-refractivity contribution is 0.259. The maximum absolute atomic E-state index is 10.7. The number of nitrogens with one attached hydrogen (secondary N) is 2. The normalized spacial score (nSPS) is 9.75. The monoisotopic (exact) mass is 218 g/mol. The Morgan fingerprint density at radius 3 is 2.88 bits per heavy atom. The molecule has 16 heavy (non-hydrogen) atoms. The highest BCUT2D eigenvalue weighted by atomic mass is 16.4. The van der Waals surface area contributed by atoms with E-state index in [-0.39, 0.29) is 0 Å². The zero-order valence-electron chi connectivity index (χ0n) is 8.31. The van der Waals surface area contributed by atoms with Gasteiger partial charge < -0.3 is 20.8 Å². The molecular weight excluding hydrogens is 208 g/mol. The summed E-state index contributed by atoms with van der Waals surface area (Å²) in [4.78, 5) is 14.6. The topological polar surface area (TPSA) is 93.2 Å². The number of oxazole rings is 1. The van der Waals surface area contributed by atoms with Crippen molar-refractivity contribution in [1.29, 1.82) is 0 Å². The summed E-state index contributed by atoms with van der Waals surface area (Å²) in [7, 11) is 0. The minimum Gasteiger partial charge on any atom is -0.432 e. The molecule has 0 unspecified atom stereocenters. The Morgan fingerprint density at radius 1 is 1.38 bits per heavy atom. The van der Waals surface area contributed by atoms with Crippen LogP contribution in [-0.4, -0.2) is 11.0 Å². The number of primary amides is 1. The fourth-order valence-electron chi connectivity index (χ4n) is 1.23. The summed E-state index contributed by atoms with van der Waals surface area (Å²) in [5, 5.41) is 5.40. The van der Waals surface area contributed by atoms with Crippen LogP contribution in [0.2, 0.25) is 0 Å². The number of amides is 2. The van der Waals surface area contributed by atoms with E-state index in [4.69, 9.17) is 10.2 Å². The van der Waals surface area contributed by atoms with Crippen LogP contribution in [0.3, 0.4) is 0 Å². The number of urea groups is 1. The first-order chi connectivity index (χ1) is 7.74. The molecule has 0 saturated carbocycles. The molecule has 4 N–H and O–H groups in total. The van der Waals surface area contributed by atoms with Crippen molar-refractivity contribution in [3.63, 3.8) is 0 Å². The number of carbonyl (C=O) groups is 1. The number of aromatic nitrogens is 1. The molecule has 82 valence electrons. The zero-order valence-corrected chi connectivity index (χ0v) is 8.31. The molecule has 0 fully saturated rings. The molecule has 0 atom stereocenters. The van der Waals surface area contributed by atoms with E-state index in [1.165, 1.54) is 12.5 Å². The second-order valence-corrected chi connectivity index (χ2v) is 3.03. The van der Waals surface area contributed by atoms with Crippen LogP contribution in [0.5, 0.6) is 0 Å². The van der Waals surface area contributed by atoms with Crippen LogP contribution in [-0.2, 0) is 0 Å². The molecule has 2 amide bonds. The molecule has 0 aliphatic rings. The standard InChI is InChI=1S/C10H10N4O2/c11-9(15)13-7-2-1-3-8(6-7)14-10-12-4-5-16-10/h1-6H,(H,12,14)(H3,11,13,15). The number of nitrogens with zero attached hydrogens (tertiary/aromatic N) is 1. The highest BCUT2D eigenvalue weighted by Gasteiger charge is 2.00. The number of nitrogens with two attached hydrogens (primary N) is 1. The lowest BCUT2D eigenvalue weighted by Crippen LogP contribution is -2.19. The molecule has 0 aliphatic heterocycles. The van der Waals surface area contributed by atoms with E-state index >= 15 is 0 Å². The predicted octanol–water partition coefficient (Wildman–Crippen LogP) is 1.91. The van der Waals surface area contributed by atoms with Crippen molar-refractivity contribution < 1.29 is 9.21 Å². The Balaban J connectivity index is 2.13. The van der Waals surface area contributed by atoms with Crippen LogP contribution in [0.15, 0.2) is 41.1 Å².